The van der Waals surface area contributed by atoms with Crippen molar-refractivity contribution in [2.45, 2.75) is 18.1 Å². The summed E-state index contributed by atoms with van der Waals surface area (Å²) in [5.74, 6) is -3.81. The summed E-state index contributed by atoms with van der Waals surface area (Å²) in [5, 5.41) is 13.0. The fourth-order valence-electron chi connectivity index (χ4n) is 3.08. The van der Waals surface area contributed by atoms with Crippen LogP contribution in [0.15, 0.2) is 24.3 Å². The van der Waals surface area contributed by atoms with Gasteiger partial charge in [-0.1, -0.05) is 24.3 Å². The summed E-state index contributed by atoms with van der Waals surface area (Å²) in [6.07, 6.45) is 6.42. The van der Waals surface area contributed by atoms with Gasteiger partial charge in [0.1, 0.15) is 6.10 Å². The molecule has 0 aromatic carbocycles. The molecule has 0 aromatic rings. The lowest BCUT2D eigenvalue weighted by Crippen LogP contribution is -2.66. The molecule has 0 N–H and O–H groups in total. The minimum atomic E-state index is -2.07. The molecule has 3 atom stereocenters. The number of hydrogen-bond donors (Lipinski definition) is 0. The SMILES string of the molecule is COC(=O)C1=[N+]([O-])N2OC3C=CC=CC(C3)C2(C(=O)OC)C1=O. The average molecular weight is 322 g/mol. The van der Waals surface area contributed by atoms with Crippen molar-refractivity contribution in [3.8, 4) is 0 Å². The Morgan fingerprint density at radius 3 is 2.70 bits per heavy atom. The Morgan fingerprint density at radius 2 is 2.04 bits per heavy atom. The zero-order valence-electron chi connectivity index (χ0n) is 12.4. The summed E-state index contributed by atoms with van der Waals surface area (Å²) in [6, 6.07) is 0. The van der Waals surface area contributed by atoms with Crippen LogP contribution in [0.4, 0.5) is 0 Å². The zero-order chi connectivity index (χ0) is 16.8. The van der Waals surface area contributed by atoms with Gasteiger partial charge in [0.15, 0.2) is 0 Å². The third-order valence-corrected chi connectivity index (χ3v) is 4.13. The van der Waals surface area contributed by atoms with Crippen molar-refractivity contribution in [2.75, 3.05) is 14.2 Å². The van der Waals surface area contributed by atoms with Gasteiger partial charge in [-0.3, -0.25) is 4.79 Å². The maximum absolute atomic E-state index is 12.8. The van der Waals surface area contributed by atoms with E-state index in [4.69, 9.17) is 9.57 Å². The van der Waals surface area contributed by atoms with E-state index in [9.17, 15) is 19.6 Å². The van der Waals surface area contributed by atoms with E-state index < -0.39 is 41.0 Å². The van der Waals surface area contributed by atoms with E-state index >= 15 is 0 Å². The van der Waals surface area contributed by atoms with Crippen molar-refractivity contribution >= 4 is 23.4 Å². The van der Waals surface area contributed by atoms with Gasteiger partial charge in [0.05, 0.1) is 14.2 Å². The highest BCUT2D eigenvalue weighted by molar-refractivity contribution is 6.66. The molecule has 9 nitrogen and oxygen atoms in total. The first-order chi connectivity index (χ1) is 11.0. The number of hydroxylamine groups is 1. The molecule has 1 aliphatic carbocycles. The number of fused-ring (bicyclic) bond motifs is 4. The fraction of sp³-hybridized carbons (Fsp3) is 0.429. The summed E-state index contributed by atoms with van der Waals surface area (Å²) in [4.78, 5) is 42.5. The minimum Gasteiger partial charge on any atom is -0.594 e. The molecular weight excluding hydrogens is 308 g/mol. The molecule has 0 amide bonds. The molecule has 2 bridgehead atoms. The lowest BCUT2D eigenvalue weighted by atomic mass is 9.76. The molecule has 3 rings (SSSR count). The maximum atomic E-state index is 12.8. The lowest BCUT2D eigenvalue weighted by Gasteiger charge is -2.40. The second-order valence-corrected chi connectivity index (χ2v) is 5.23. The quantitative estimate of drug-likeness (QED) is 0.283. The van der Waals surface area contributed by atoms with Gasteiger partial charge in [-0.15, -0.1) is 0 Å². The van der Waals surface area contributed by atoms with E-state index in [0.29, 0.717) is 5.17 Å². The number of Topliss-reactive ketones (excluding diaryl/α,β-unsaturated/α-hetero) is 1. The first-order valence-electron chi connectivity index (χ1n) is 6.86. The number of rotatable bonds is 2. The third-order valence-electron chi connectivity index (χ3n) is 4.13. The number of esters is 2. The Bertz CT molecular complexity index is 681. The van der Waals surface area contributed by atoms with Crippen LogP contribution in [0.5, 0.6) is 0 Å². The topological polar surface area (TPSA) is 108 Å². The van der Waals surface area contributed by atoms with E-state index in [1.165, 1.54) is 0 Å². The van der Waals surface area contributed by atoms with Gasteiger partial charge >= 0.3 is 17.7 Å². The van der Waals surface area contributed by atoms with Gasteiger partial charge in [0.25, 0.3) is 11.3 Å². The first kappa shape index (κ1) is 15.2. The molecule has 122 valence electrons. The van der Waals surface area contributed by atoms with Crippen molar-refractivity contribution in [1.82, 2.24) is 5.17 Å². The number of methoxy groups -OCH3 is 2. The summed E-state index contributed by atoms with van der Waals surface area (Å²) in [5.41, 5.74) is -2.89. The molecule has 23 heavy (non-hydrogen) atoms. The molecule has 9 heteroatoms. The molecule has 2 aliphatic heterocycles. The number of ketones is 1. The molecule has 0 spiro atoms. The first-order valence-corrected chi connectivity index (χ1v) is 6.86. The van der Waals surface area contributed by atoms with Gasteiger partial charge in [-0.05, 0) is 16.4 Å². The number of carbonyl (C=O) groups is 3. The predicted octanol–water partition coefficient (Wildman–Crippen LogP) is -0.732. The van der Waals surface area contributed by atoms with Crippen LogP contribution in [0.2, 0.25) is 0 Å². The molecule has 3 aliphatic rings. The number of hydrazine groups is 1. The molecule has 2 heterocycles. The van der Waals surface area contributed by atoms with Gasteiger partial charge in [-0.2, -0.15) is 0 Å². The number of allylic oxidation sites excluding steroid dienone is 2. The third kappa shape index (κ3) is 1.83. The Hall–Kier alpha value is -2.68. The highest BCUT2D eigenvalue weighted by atomic mass is 16.8. The monoisotopic (exact) mass is 322 g/mol. The molecular formula is C14H14N2O7. The number of carbonyl (C=O) groups excluding carboxylic acids is 3. The van der Waals surface area contributed by atoms with Crippen molar-refractivity contribution in [3.63, 3.8) is 0 Å². The van der Waals surface area contributed by atoms with Crippen molar-refractivity contribution in [2.24, 2.45) is 5.92 Å². The van der Waals surface area contributed by atoms with Gasteiger partial charge in [0.2, 0.25) is 0 Å². The van der Waals surface area contributed by atoms with Crippen molar-refractivity contribution in [3.05, 3.63) is 29.5 Å². The minimum absolute atomic E-state index is 0.0305. The highest BCUT2D eigenvalue weighted by Gasteiger charge is 2.73. The Balaban J connectivity index is 2.20. The van der Waals surface area contributed by atoms with Crippen LogP contribution in [0, 0.1) is 11.1 Å². The number of hydrogen-bond acceptors (Lipinski definition) is 8. The number of hydrazone groups is 1. The van der Waals surface area contributed by atoms with Crippen LogP contribution in [0.1, 0.15) is 6.42 Å². The maximum Gasteiger partial charge on any atom is 0.411 e. The van der Waals surface area contributed by atoms with E-state index in [1.54, 1.807) is 24.3 Å². The van der Waals surface area contributed by atoms with Crippen molar-refractivity contribution in [1.29, 1.82) is 0 Å². The van der Waals surface area contributed by atoms with Crippen molar-refractivity contribution < 1.29 is 33.5 Å². The van der Waals surface area contributed by atoms with Gasteiger partial charge < -0.3 is 14.7 Å². The molecule has 3 unspecified atom stereocenters. The van der Waals surface area contributed by atoms with Crippen LogP contribution in [-0.2, 0) is 28.7 Å². The molecule has 0 aromatic heterocycles. The Labute approximate surface area is 130 Å². The molecule has 1 fully saturated rings. The van der Waals surface area contributed by atoms with Crippen LogP contribution < -0.4 is 0 Å². The second-order valence-electron chi connectivity index (χ2n) is 5.23. The summed E-state index contributed by atoms with van der Waals surface area (Å²) >= 11 is 0. The molecule has 0 radical (unpaired) electrons. The Kier molecular flexibility index (Phi) is 3.44. The number of nitrogens with zero attached hydrogens (tertiary/aromatic N) is 2. The molecule has 1 saturated heterocycles. The highest BCUT2D eigenvalue weighted by Crippen LogP contribution is 2.42. The average Bonchev–Trinajstić information content (AvgIpc) is 2.68. The van der Waals surface area contributed by atoms with Gasteiger partial charge in [0, 0.05) is 5.92 Å². The van der Waals surface area contributed by atoms with Crippen LogP contribution >= 0.6 is 0 Å². The smallest absolute Gasteiger partial charge is 0.411 e. The normalized spacial score (nSPS) is 31.7. The zero-order valence-corrected chi connectivity index (χ0v) is 12.4. The summed E-state index contributed by atoms with van der Waals surface area (Å²) in [7, 11) is 2.13. The molecule has 0 saturated carbocycles. The standard InChI is InChI=1S/C14H14N2O7/c1-21-12(18)10-11(17)14(13(19)22-2)8-5-3-4-6-9(7-8)23-16(14)15(10)20/h3-6,8-9H,7H2,1-2H3. The van der Waals surface area contributed by atoms with E-state index in [2.05, 4.69) is 4.74 Å². The van der Waals surface area contributed by atoms with Crippen LogP contribution in [-0.4, -0.2) is 59.3 Å². The van der Waals surface area contributed by atoms with Crippen LogP contribution in [0.3, 0.4) is 0 Å². The largest absolute Gasteiger partial charge is 0.594 e. The van der Waals surface area contributed by atoms with Gasteiger partial charge in [-0.25, -0.2) is 14.4 Å². The van der Waals surface area contributed by atoms with E-state index in [-0.39, 0.29) is 11.3 Å². The predicted molar refractivity (Wildman–Crippen MR) is 73.5 cm³/mol. The van der Waals surface area contributed by atoms with E-state index in [1.807, 2.05) is 0 Å². The lowest BCUT2D eigenvalue weighted by molar-refractivity contribution is -0.733. The Morgan fingerprint density at radius 1 is 1.35 bits per heavy atom. The summed E-state index contributed by atoms with van der Waals surface area (Å²) in [6.45, 7) is 0. The number of ether oxygens (including phenoxy) is 2. The van der Waals surface area contributed by atoms with Crippen LogP contribution in [0.25, 0.3) is 0 Å². The summed E-state index contributed by atoms with van der Waals surface area (Å²) < 4.78 is 9.21. The van der Waals surface area contributed by atoms with E-state index in [0.717, 1.165) is 14.2 Å². The fourth-order valence-corrected chi connectivity index (χ4v) is 3.08. The second kappa shape index (κ2) is 5.20.